The number of carbonyl (C=O) groups is 2. The van der Waals surface area contributed by atoms with Gasteiger partial charge in [0, 0.05) is 28.6 Å². The molecule has 1 atom stereocenters. The lowest BCUT2D eigenvalue weighted by atomic mass is 9.86. The Hall–Kier alpha value is -2.10. The molecule has 1 unspecified atom stereocenters. The summed E-state index contributed by atoms with van der Waals surface area (Å²) >= 11 is 0. The number of nitrogens with one attached hydrogen (secondary N) is 1. The molecule has 4 heteroatoms. The van der Waals surface area contributed by atoms with Crippen molar-refractivity contribution in [2.24, 2.45) is 5.92 Å². The molecule has 1 fully saturated rings. The van der Waals surface area contributed by atoms with Crippen molar-refractivity contribution in [3.63, 3.8) is 0 Å². The Morgan fingerprint density at radius 1 is 1.20 bits per heavy atom. The van der Waals surface area contributed by atoms with Crippen molar-refractivity contribution >= 4 is 22.7 Å². The highest BCUT2D eigenvalue weighted by Gasteiger charge is 2.24. The van der Waals surface area contributed by atoms with E-state index in [0.29, 0.717) is 17.9 Å². The predicted molar refractivity (Wildman–Crippen MR) is 98.7 cm³/mol. The molecule has 0 aliphatic heterocycles. The second-order valence-corrected chi connectivity index (χ2v) is 7.21. The van der Waals surface area contributed by atoms with Crippen molar-refractivity contribution in [3.05, 3.63) is 35.5 Å². The molecule has 1 aliphatic rings. The van der Waals surface area contributed by atoms with Crippen LogP contribution in [0.5, 0.6) is 0 Å². The fourth-order valence-corrected chi connectivity index (χ4v) is 3.90. The van der Waals surface area contributed by atoms with Gasteiger partial charge in [-0.25, -0.2) is 0 Å². The molecule has 4 nitrogen and oxygen atoms in total. The Morgan fingerprint density at radius 3 is 2.68 bits per heavy atom. The molecule has 1 N–H and O–H groups in total. The lowest BCUT2D eigenvalue weighted by molar-refractivity contribution is -0.146. The van der Waals surface area contributed by atoms with Crippen LogP contribution in [0.4, 0.5) is 0 Å². The highest BCUT2D eigenvalue weighted by atomic mass is 16.5. The molecule has 1 heterocycles. The second kappa shape index (κ2) is 7.85. The van der Waals surface area contributed by atoms with E-state index >= 15 is 0 Å². The van der Waals surface area contributed by atoms with E-state index in [-0.39, 0.29) is 11.8 Å². The number of hydrogen-bond donors (Lipinski definition) is 1. The van der Waals surface area contributed by atoms with Crippen molar-refractivity contribution in [3.8, 4) is 0 Å². The van der Waals surface area contributed by atoms with Gasteiger partial charge in [-0.05, 0) is 32.3 Å². The van der Waals surface area contributed by atoms with Crippen LogP contribution in [0.15, 0.2) is 24.3 Å². The number of carbonyl (C=O) groups excluding carboxylic acids is 2. The summed E-state index contributed by atoms with van der Waals surface area (Å²) in [7, 11) is 0. The summed E-state index contributed by atoms with van der Waals surface area (Å²) in [4.78, 5) is 28.1. The standard InChI is InChI=1S/C21H27NO3/c1-14-20(17-10-6-7-11-18(17)22-14)21(24)15(2)25-19(23)13-12-16-8-4-3-5-9-16/h6-7,10-11,15-16,22H,3-5,8-9,12-13H2,1-2H3. The maximum Gasteiger partial charge on any atom is 0.306 e. The van der Waals surface area contributed by atoms with Crippen LogP contribution in [-0.4, -0.2) is 22.8 Å². The quantitative estimate of drug-likeness (QED) is 0.597. The number of ether oxygens (including phenoxy) is 1. The molecule has 0 bridgehead atoms. The number of Topliss-reactive ketones (excluding diaryl/α,β-unsaturated/α-hetero) is 1. The summed E-state index contributed by atoms with van der Waals surface area (Å²) in [6.45, 7) is 3.55. The number of aromatic amines is 1. The Balaban J connectivity index is 1.60. The third-order valence-corrected chi connectivity index (χ3v) is 5.30. The van der Waals surface area contributed by atoms with Crippen LogP contribution in [0, 0.1) is 12.8 Å². The van der Waals surface area contributed by atoms with Crippen molar-refractivity contribution < 1.29 is 14.3 Å². The van der Waals surface area contributed by atoms with Gasteiger partial charge in [0.2, 0.25) is 5.78 Å². The van der Waals surface area contributed by atoms with E-state index in [0.717, 1.165) is 23.0 Å². The largest absolute Gasteiger partial charge is 0.454 e. The summed E-state index contributed by atoms with van der Waals surface area (Å²) in [6.07, 6.45) is 6.84. The number of benzene rings is 1. The molecule has 25 heavy (non-hydrogen) atoms. The number of aryl methyl sites for hydroxylation is 1. The first kappa shape index (κ1) is 17.7. The first-order chi connectivity index (χ1) is 12.1. The molecule has 3 rings (SSSR count). The predicted octanol–water partition coefficient (Wildman–Crippen LogP) is 4.95. The van der Waals surface area contributed by atoms with Gasteiger partial charge in [0.15, 0.2) is 6.10 Å². The Kier molecular flexibility index (Phi) is 5.57. The van der Waals surface area contributed by atoms with Crippen molar-refractivity contribution in [2.75, 3.05) is 0 Å². The SMILES string of the molecule is Cc1[nH]c2ccccc2c1C(=O)C(C)OC(=O)CCC1CCCCC1. The third kappa shape index (κ3) is 4.12. The molecule has 0 amide bonds. The Labute approximate surface area is 148 Å². The van der Waals surface area contributed by atoms with E-state index < -0.39 is 6.10 Å². The maximum absolute atomic E-state index is 12.8. The summed E-state index contributed by atoms with van der Waals surface area (Å²) in [5, 5.41) is 0.884. The van der Waals surface area contributed by atoms with Crippen molar-refractivity contribution in [2.45, 2.75) is 64.9 Å². The van der Waals surface area contributed by atoms with Crippen LogP contribution >= 0.6 is 0 Å². The van der Waals surface area contributed by atoms with E-state index in [1.165, 1.54) is 32.1 Å². The van der Waals surface area contributed by atoms with Gasteiger partial charge in [0.05, 0.1) is 0 Å². The monoisotopic (exact) mass is 341 g/mol. The van der Waals surface area contributed by atoms with Crippen LogP contribution in [0.2, 0.25) is 0 Å². The number of para-hydroxylation sites is 1. The molecule has 2 aromatic rings. The van der Waals surface area contributed by atoms with Gasteiger partial charge in [-0.15, -0.1) is 0 Å². The number of fused-ring (bicyclic) bond motifs is 1. The van der Waals surface area contributed by atoms with Crippen LogP contribution in [0.3, 0.4) is 0 Å². The highest BCUT2D eigenvalue weighted by molar-refractivity contribution is 6.11. The van der Waals surface area contributed by atoms with Gasteiger partial charge in [0.25, 0.3) is 0 Å². The van der Waals surface area contributed by atoms with Gasteiger partial charge < -0.3 is 9.72 Å². The lowest BCUT2D eigenvalue weighted by Gasteiger charge is -2.21. The Bertz CT molecular complexity index is 756. The summed E-state index contributed by atoms with van der Waals surface area (Å²) in [5.74, 6) is 0.244. The molecule has 1 aromatic carbocycles. The molecule has 1 aliphatic carbocycles. The second-order valence-electron chi connectivity index (χ2n) is 7.21. The molecule has 134 valence electrons. The average molecular weight is 341 g/mol. The van der Waals surface area contributed by atoms with E-state index in [9.17, 15) is 9.59 Å². The summed E-state index contributed by atoms with van der Waals surface area (Å²) < 4.78 is 5.43. The minimum absolute atomic E-state index is 0.138. The number of hydrogen-bond acceptors (Lipinski definition) is 3. The molecule has 1 saturated carbocycles. The molecular weight excluding hydrogens is 314 g/mol. The lowest BCUT2D eigenvalue weighted by Crippen LogP contribution is -2.25. The fourth-order valence-electron chi connectivity index (χ4n) is 3.90. The van der Waals surface area contributed by atoms with Crippen LogP contribution in [0.25, 0.3) is 10.9 Å². The van der Waals surface area contributed by atoms with Crippen LogP contribution in [0.1, 0.15) is 67.9 Å². The molecule has 1 aromatic heterocycles. The molecule has 0 radical (unpaired) electrons. The van der Waals surface area contributed by atoms with Gasteiger partial charge in [-0.3, -0.25) is 9.59 Å². The number of aromatic nitrogens is 1. The number of esters is 1. The normalized spacial score (nSPS) is 16.7. The molecule has 0 saturated heterocycles. The average Bonchev–Trinajstić information content (AvgIpc) is 2.96. The van der Waals surface area contributed by atoms with Crippen molar-refractivity contribution in [1.29, 1.82) is 0 Å². The van der Waals surface area contributed by atoms with Gasteiger partial charge >= 0.3 is 5.97 Å². The minimum Gasteiger partial charge on any atom is -0.454 e. The van der Waals surface area contributed by atoms with E-state index in [2.05, 4.69) is 4.98 Å². The summed E-state index contributed by atoms with van der Waals surface area (Å²) in [6, 6.07) is 7.71. The van der Waals surface area contributed by atoms with Crippen LogP contribution in [-0.2, 0) is 9.53 Å². The minimum atomic E-state index is -0.753. The molecule has 0 spiro atoms. The zero-order valence-electron chi connectivity index (χ0n) is 15.1. The number of ketones is 1. The topological polar surface area (TPSA) is 59.2 Å². The number of rotatable bonds is 6. The Morgan fingerprint density at radius 2 is 1.92 bits per heavy atom. The van der Waals surface area contributed by atoms with Gasteiger partial charge in [-0.1, -0.05) is 50.3 Å². The number of H-pyrrole nitrogens is 1. The summed E-state index contributed by atoms with van der Waals surface area (Å²) in [5.41, 5.74) is 2.37. The fraction of sp³-hybridized carbons (Fsp3) is 0.524. The van der Waals surface area contributed by atoms with Gasteiger partial charge in [-0.2, -0.15) is 0 Å². The van der Waals surface area contributed by atoms with E-state index in [1.807, 2.05) is 31.2 Å². The van der Waals surface area contributed by atoms with E-state index in [1.54, 1.807) is 6.92 Å². The van der Waals surface area contributed by atoms with Gasteiger partial charge in [0.1, 0.15) is 0 Å². The maximum atomic E-state index is 12.8. The highest BCUT2D eigenvalue weighted by Crippen LogP contribution is 2.28. The zero-order chi connectivity index (χ0) is 17.8. The first-order valence-corrected chi connectivity index (χ1v) is 9.37. The molecular formula is C21H27NO3. The smallest absolute Gasteiger partial charge is 0.306 e. The third-order valence-electron chi connectivity index (χ3n) is 5.30. The van der Waals surface area contributed by atoms with Crippen LogP contribution < -0.4 is 0 Å². The zero-order valence-corrected chi connectivity index (χ0v) is 15.1. The first-order valence-electron chi connectivity index (χ1n) is 9.37. The van der Waals surface area contributed by atoms with Crippen molar-refractivity contribution in [1.82, 2.24) is 4.98 Å². The van der Waals surface area contributed by atoms with E-state index in [4.69, 9.17) is 4.74 Å².